The second-order valence-corrected chi connectivity index (χ2v) is 5.33. The van der Waals surface area contributed by atoms with Crippen LogP contribution in [0, 0.1) is 5.92 Å². The molecule has 2 rings (SSSR count). The second-order valence-electron chi connectivity index (χ2n) is 4.89. The molecule has 0 spiro atoms. The fraction of sp³-hybridized carbons (Fsp3) is 0.400. The van der Waals surface area contributed by atoms with E-state index in [0.29, 0.717) is 23.2 Å². The Labute approximate surface area is 124 Å². The molecule has 108 valence electrons. The molecule has 0 radical (unpaired) electrons. The van der Waals surface area contributed by atoms with Gasteiger partial charge in [0.05, 0.1) is 7.11 Å². The molecule has 1 aromatic carbocycles. The zero-order chi connectivity index (χ0) is 14.5. The number of benzene rings is 1. The SMILES string of the molecule is COc1ccc(Cl)cc1/C=C/C(=O)N1CCC(CN)C1. The van der Waals surface area contributed by atoms with E-state index in [1.54, 1.807) is 37.5 Å². The lowest BCUT2D eigenvalue weighted by Crippen LogP contribution is -2.28. The predicted octanol–water partition coefficient (Wildman–Crippen LogP) is 2.17. The molecule has 0 bridgehead atoms. The highest BCUT2D eigenvalue weighted by Gasteiger charge is 2.23. The lowest BCUT2D eigenvalue weighted by molar-refractivity contribution is -0.125. The molecule has 20 heavy (non-hydrogen) atoms. The number of amides is 1. The Morgan fingerprint density at radius 3 is 3.05 bits per heavy atom. The van der Waals surface area contributed by atoms with Crippen LogP contribution in [0.2, 0.25) is 5.02 Å². The third-order valence-electron chi connectivity index (χ3n) is 3.53. The average molecular weight is 295 g/mol. The zero-order valence-electron chi connectivity index (χ0n) is 11.5. The minimum atomic E-state index is 0.00276. The van der Waals surface area contributed by atoms with Gasteiger partial charge in [-0.3, -0.25) is 4.79 Å². The van der Waals surface area contributed by atoms with E-state index in [-0.39, 0.29) is 5.91 Å². The molecule has 1 heterocycles. The molecule has 1 aliphatic rings. The van der Waals surface area contributed by atoms with E-state index >= 15 is 0 Å². The van der Waals surface area contributed by atoms with Crippen LogP contribution in [-0.4, -0.2) is 37.6 Å². The molecule has 1 aliphatic heterocycles. The van der Waals surface area contributed by atoms with E-state index in [2.05, 4.69) is 0 Å². The van der Waals surface area contributed by atoms with Crippen molar-refractivity contribution in [2.75, 3.05) is 26.7 Å². The van der Waals surface area contributed by atoms with E-state index < -0.39 is 0 Å². The van der Waals surface area contributed by atoms with Crippen LogP contribution in [0.5, 0.6) is 5.75 Å². The van der Waals surface area contributed by atoms with E-state index in [1.807, 2.05) is 4.90 Å². The summed E-state index contributed by atoms with van der Waals surface area (Å²) < 4.78 is 5.24. The summed E-state index contributed by atoms with van der Waals surface area (Å²) in [6, 6.07) is 5.31. The Morgan fingerprint density at radius 2 is 2.40 bits per heavy atom. The summed E-state index contributed by atoms with van der Waals surface area (Å²) in [5.74, 6) is 1.12. The standard InChI is InChI=1S/C15H19ClN2O2/c1-20-14-4-3-13(16)8-12(14)2-5-15(19)18-7-6-11(9-17)10-18/h2-5,8,11H,6-7,9-10,17H2,1H3/b5-2+. The minimum Gasteiger partial charge on any atom is -0.496 e. The number of nitrogens with two attached hydrogens (primary N) is 1. The normalized spacial score (nSPS) is 18.8. The molecule has 0 aliphatic carbocycles. The van der Waals surface area contributed by atoms with E-state index in [9.17, 15) is 4.79 Å². The molecular weight excluding hydrogens is 276 g/mol. The van der Waals surface area contributed by atoms with Gasteiger partial charge in [0.1, 0.15) is 5.75 Å². The van der Waals surface area contributed by atoms with E-state index in [4.69, 9.17) is 22.1 Å². The van der Waals surface area contributed by atoms with Crippen molar-refractivity contribution in [2.24, 2.45) is 11.7 Å². The average Bonchev–Trinajstić information content (AvgIpc) is 2.94. The summed E-state index contributed by atoms with van der Waals surface area (Å²) in [4.78, 5) is 13.9. The number of carbonyl (C=O) groups excluding carboxylic acids is 1. The van der Waals surface area contributed by atoms with Gasteiger partial charge in [0.25, 0.3) is 0 Å². The Bertz CT molecular complexity index is 517. The Morgan fingerprint density at radius 1 is 1.60 bits per heavy atom. The second kappa shape index (κ2) is 6.77. The predicted molar refractivity (Wildman–Crippen MR) is 80.8 cm³/mol. The van der Waals surface area contributed by atoms with Gasteiger partial charge in [0.2, 0.25) is 5.91 Å². The summed E-state index contributed by atoms with van der Waals surface area (Å²) >= 11 is 5.96. The quantitative estimate of drug-likeness (QED) is 0.866. The molecule has 0 aromatic heterocycles. The Balaban J connectivity index is 2.06. The molecule has 2 N–H and O–H groups in total. The number of hydrogen-bond donors (Lipinski definition) is 1. The van der Waals surface area contributed by atoms with Crippen molar-refractivity contribution in [1.29, 1.82) is 0 Å². The molecule has 4 nitrogen and oxygen atoms in total. The minimum absolute atomic E-state index is 0.00276. The molecular formula is C15H19ClN2O2. The van der Waals surface area contributed by atoms with E-state index in [0.717, 1.165) is 25.1 Å². The van der Waals surface area contributed by atoms with Gasteiger partial charge >= 0.3 is 0 Å². The van der Waals surface area contributed by atoms with Gasteiger partial charge in [-0.2, -0.15) is 0 Å². The molecule has 1 amide bonds. The number of hydrogen-bond acceptors (Lipinski definition) is 3. The summed E-state index contributed by atoms with van der Waals surface area (Å²) in [6.07, 6.45) is 4.28. The van der Waals surface area contributed by atoms with Gasteiger partial charge in [-0.1, -0.05) is 11.6 Å². The monoisotopic (exact) mass is 294 g/mol. The Hall–Kier alpha value is -1.52. The van der Waals surface area contributed by atoms with Crippen molar-refractivity contribution in [2.45, 2.75) is 6.42 Å². The number of ether oxygens (including phenoxy) is 1. The summed E-state index contributed by atoms with van der Waals surface area (Å²) in [7, 11) is 1.59. The van der Waals surface area contributed by atoms with Crippen molar-refractivity contribution in [1.82, 2.24) is 4.90 Å². The van der Waals surface area contributed by atoms with Crippen LogP contribution in [0.4, 0.5) is 0 Å². The fourth-order valence-corrected chi connectivity index (χ4v) is 2.51. The molecule has 1 saturated heterocycles. The number of nitrogens with zero attached hydrogens (tertiary/aromatic N) is 1. The lowest BCUT2D eigenvalue weighted by Gasteiger charge is -2.13. The molecule has 1 unspecified atom stereocenters. The highest BCUT2D eigenvalue weighted by atomic mass is 35.5. The summed E-state index contributed by atoms with van der Waals surface area (Å²) in [5, 5.41) is 0.613. The maximum atomic E-state index is 12.1. The number of carbonyl (C=O) groups is 1. The van der Waals surface area contributed by atoms with Crippen molar-refractivity contribution in [3.8, 4) is 5.75 Å². The van der Waals surface area contributed by atoms with Crippen LogP contribution in [0.15, 0.2) is 24.3 Å². The van der Waals surface area contributed by atoms with Gasteiger partial charge in [-0.25, -0.2) is 0 Å². The third-order valence-corrected chi connectivity index (χ3v) is 3.76. The summed E-state index contributed by atoms with van der Waals surface area (Å²) in [5.41, 5.74) is 6.42. The van der Waals surface area contributed by atoms with Gasteiger partial charge in [0.15, 0.2) is 0 Å². The molecule has 1 aromatic rings. The van der Waals surface area contributed by atoms with Gasteiger partial charge in [0, 0.05) is 29.8 Å². The third kappa shape index (κ3) is 3.52. The van der Waals surface area contributed by atoms with Crippen LogP contribution in [0.1, 0.15) is 12.0 Å². The highest BCUT2D eigenvalue weighted by Crippen LogP contribution is 2.24. The summed E-state index contributed by atoms with van der Waals surface area (Å²) in [6.45, 7) is 2.15. The smallest absolute Gasteiger partial charge is 0.246 e. The highest BCUT2D eigenvalue weighted by molar-refractivity contribution is 6.30. The van der Waals surface area contributed by atoms with Crippen LogP contribution in [0.3, 0.4) is 0 Å². The zero-order valence-corrected chi connectivity index (χ0v) is 12.3. The van der Waals surface area contributed by atoms with Crippen LogP contribution < -0.4 is 10.5 Å². The first-order chi connectivity index (χ1) is 9.63. The number of methoxy groups -OCH3 is 1. The number of likely N-dealkylation sites (tertiary alicyclic amines) is 1. The molecule has 5 heteroatoms. The van der Waals surface area contributed by atoms with Crippen LogP contribution in [-0.2, 0) is 4.79 Å². The van der Waals surface area contributed by atoms with Crippen LogP contribution >= 0.6 is 11.6 Å². The number of halogens is 1. The van der Waals surface area contributed by atoms with Crippen molar-refractivity contribution in [3.63, 3.8) is 0 Å². The van der Waals surface area contributed by atoms with Gasteiger partial charge in [-0.15, -0.1) is 0 Å². The Kier molecular flexibility index (Phi) is 5.04. The number of rotatable bonds is 4. The fourth-order valence-electron chi connectivity index (χ4n) is 2.33. The first-order valence-electron chi connectivity index (χ1n) is 6.64. The maximum absolute atomic E-state index is 12.1. The molecule has 1 atom stereocenters. The van der Waals surface area contributed by atoms with Crippen molar-refractivity contribution in [3.05, 3.63) is 34.9 Å². The topological polar surface area (TPSA) is 55.6 Å². The van der Waals surface area contributed by atoms with Crippen molar-refractivity contribution >= 4 is 23.6 Å². The molecule has 0 saturated carbocycles. The largest absolute Gasteiger partial charge is 0.496 e. The van der Waals surface area contributed by atoms with Gasteiger partial charge < -0.3 is 15.4 Å². The first-order valence-corrected chi connectivity index (χ1v) is 7.02. The first kappa shape index (κ1) is 14.9. The van der Waals surface area contributed by atoms with Crippen molar-refractivity contribution < 1.29 is 9.53 Å². The molecule has 1 fully saturated rings. The van der Waals surface area contributed by atoms with Gasteiger partial charge in [-0.05, 0) is 43.2 Å². The van der Waals surface area contributed by atoms with E-state index in [1.165, 1.54) is 0 Å². The maximum Gasteiger partial charge on any atom is 0.246 e. The van der Waals surface area contributed by atoms with Crippen LogP contribution in [0.25, 0.3) is 6.08 Å². The lowest BCUT2D eigenvalue weighted by atomic mass is 10.1.